The maximum absolute atomic E-state index is 12.6. The number of anilines is 2. The second-order valence-electron chi connectivity index (χ2n) is 7.70. The maximum Gasteiger partial charge on any atom is 0.227 e. The molecule has 2 heterocycles. The van der Waals surface area contributed by atoms with Crippen molar-refractivity contribution in [2.45, 2.75) is 31.2 Å². The minimum atomic E-state index is -0.357. The zero-order valence-corrected chi connectivity index (χ0v) is 18.0. The number of thioether (sulfide) groups is 1. The van der Waals surface area contributed by atoms with Crippen molar-refractivity contribution in [2.75, 3.05) is 29.1 Å². The second-order valence-corrected chi connectivity index (χ2v) is 8.58. The summed E-state index contributed by atoms with van der Waals surface area (Å²) < 4.78 is 0. The van der Waals surface area contributed by atoms with Crippen molar-refractivity contribution in [2.24, 2.45) is 5.92 Å². The molecule has 3 amide bonds. The number of rotatable bonds is 5. The van der Waals surface area contributed by atoms with E-state index in [2.05, 4.69) is 5.32 Å². The molecule has 30 heavy (non-hydrogen) atoms. The van der Waals surface area contributed by atoms with Crippen LogP contribution in [0.25, 0.3) is 0 Å². The van der Waals surface area contributed by atoms with Crippen LogP contribution in [0.3, 0.4) is 0 Å². The van der Waals surface area contributed by atoms with Gasteiger partial charge < -0.3 is 15.1 Å². The summed E-state index contributed by atoms with van der Waals surface area (Å²) in [5.74, 6) is -0.465. The lowest BCUT2D eigenvalue weighted by molar-refractivity contribution is -0.126. The molecule has 1 fully saturated rings. The Kier molecular flexibility index (Phi) is 5.81. The van der Waals surface area contributed by atoms with Crippen molar-refractivity contribution in [3.8, 4) is 0 Å². The van der Waals surface area contributed by atoms with Crippen LogP contribution in [0.15, 0.2) is 47.4 Å². The van der Waals surface area contributed by atoms with Crippen LogP contribution in [0.1, 0.15) is 24.5 Å². The van der Waals surface area contributed by atoms with Gasteiger partial charge in [0.05, 0.1) is 5.92 Å². The van der Waals surface area contributed by atoms with Crippen molar-refractivity contribution >= 4 is 40.9 Å². The van der Waals surface area contributed by atoms with E-state index >= 15 is 0 Å². The van der Waals surface area contributed by atoms with Crippen molar-refractivity contribution in [3.63, 3.8) is 0 Å². The molecule has 0 aliphatic carbocycles. The van der Waals surface area contributed by atoms with E-state index in [0.29, 0.717) is 19.6 Å². The number of nitrogens with zero attached hydrogens (tertiary/aromatic N) is 2. The topological polar surface area (TPSA) is 69.7 Å². The highest BCUT2D eigenvalue weighted by molar-refractivity contribution is 7.98. The zero-order valence-electron chi connectivity index (χ0n) is 17.2. The largest absolute Gasteiger partial charge is 0.352 e. The van der Waals surface area contributed by atoms with Crippen molar-refractivity contribution < 1.29 is 14.4 Å². The lowest BCUT2D eigenvalue weighted by Crippen LogP contribution is -2.32. The fourth-order valence-electron chi connectivity index (χ4n) is 4.09. The molecule has 156 valence electrons. The molecular formula is C23H25N3O3S. The molecule has 6 nitrogen and oxygen atoms in total. The number of carbonyl (C=O) groups excluding carboxylic acids is 3. The van der Waals surface area contributed by atoms with E-state index in [1.807, 2.05) is 48.7 Å². The van der Waals surface area contributed by atoms with Crippen molar-refractivity contribution in [1.82, 2.24) is 5.32 Å². The van der Waals surface area contributed by atoms with Gasteiger partial charge in [0.15, 0.2) is 0 Å². The van der Waals surface area contributed by atoms with E-state index in [-0.39, 0.29) is 30.1 Å². The average molecular weight is 424 g/mol. The number of hydrogen-bond donors (Lipinski definition) is 1. The predicted octanol–water partition coefficient (Wildman–Crippen LogP) is 2.99. The Morgan fingerprint density at radius 3 is 2.63 bits per heavy atom. The molecule has 0 aromatic heterocycles. The molecule has 1 atom stereocenters. The Morgan fingerprint density at radius 2 is 1.93 bits per heavy atom. The zero-order chi connectivity index (χ0) is 21.3. The maximum atomic E-state index is 12.6. The third-order valence-electron chi connectivity index (χ3n) is 5.77. The molecule has 2 aromatic rings. The van der Waals surface area contributed by atoms with Crippen LogP contribution >= 0.6 is 11.8 Å². The van der Waals surface area contributed by atoms with Crippen LogP contribution < -0.4 is 15.1 Å². The predicted molar refractivity (Wildman–Crippen MR) is 119 cm³/mol. The van der Waals surface area contributed by atoms with Gasteiger partial charge in [-0.15, -0.1) is 11.8 Å². The molecule has 7 heteroatoms. The van der Waals surface area contributed by atoms with Gasteiger partial charge in [-0.2, -0.15) is 0 Å². The number of hydrogen-bond acceptors (Lipinski definition) is 4. The fourth-order valence-corrected chi connectivity index (χ4v) is 4.50. The summed E-state index contributed by atoms with van der Waals surface area (Å²) in [5, 5.41) is 2.96. The average Bonchev–Trinajstić information content (AvgIpc) is 3.35. The number of carbonyl (C=O) groups is 3. The molecule has 2 aromatic carbocycles. The first-order valence-electron chi connectivity index (χ1n) is 10.1. The molecule has 0 saturated carbocycles. The first-order valence-corrected chi connectivity index (χ1v) is 11.3. The van der Waals surface area contributed by atoms with E-state index in [0.717, 1.165) is 28.9 Å². The minimum absolute atomic E-state index is 0.0265. The second kappa shape index (κ2) is 8.52. The van der Waals surface area contributed by atoms with Gasteiger partial charge in [-0.25, -0.2) is 0 Å². The van der Waals surface area contributed by atoms with Crippen LogP contribution in [0.5, 0.6) is 0 Å². The van der Waals surface area contributed by atoms with Crippen LogP contribution in [0.2, 0.25) is 0 Å². The van der Waals surface area contributed by atoms with Gasteiger partial charge >= 0.3 is 0 Å². The quantitative estimate of drug-likeness (QED) is 0.751. The van der Waals surface area contributed by atoms with Crippen molar-refractivity contribution in [3.05, 3.63) is 53.6 Å². The summed E-state index contributed by atoms with van der Waals surface area (Å²) in [5.41, 5.74) is 3.82. The van der Waals surface area contributed by atoms with Gasteiger partial charge in [0.2, 0.25) is 17.7 Å². The van der Waals surface area contributed by atoms with E-state index in [4.69, 9.17) is 0 Å². The molecule has 0 radical (unpaired) electrons. The molecule has 2 aliphatic heterocycles. The number of amides is 3. The van der Waals surface area contributed by atoms with Crippen molar-refractivity contribution in [1.29, 1.82) is 0 Å². The molecule has 1 N–H and O–H groups in total. The standard InChI is InChI=1S/C23H25N3O3S/c1-15(27)25-10-9-17-11-19(5-8-21(17)25)26-14-18(12-22(26)28)23(29)24-13-16-3-6-20(30-2)7-4-16/h3-8,11,18H,9-10,12-14H2,1-2H3,(H,24,29). The van der Waals surface area contributed by atoms with Gasteiger partial charge in [0, 0.05) is 49.2 Å². The third kappa shape index (κ3) is 4.07. The highest BCUT2D eigenvalue weighted by Gasteiger charge is 2.35. The minimum Gasteiger partial charge on any atom is -0.352 e. The Labute approximate surface area is 180 Å². The lowest BCUT2D eigenvalue weighted by Gasteiger charge is -2.19. The Balaban J connectivity index is 1.39. The summed E-state index contributed by atoms with van der Waals surface area (Å²) in [6.45, 7) is 3.07. The molecule has 4 rings (SSSR count). The summed E-state index contributed by atoms with van der Waals surface area (Å²) in [6, 6.07) is 13.8. The van der Waals surface area contributed by atoms with Gasteiger partial charge in [-0.05, 0) is 54.1 Å². The Hall–Kier alpha value is -2.80. The number of nitrogens with one attached hydrogen (secondary N) is 1. The van der Waals surface area contributed by atoms with Crippen LogP contribution in [-0.2, 0) is 27.3 Å². The van der Waals surface area contributed by atoms with E-state index < -0.39 is 0 Å². The fraction of sp³-hybridized carbons (Fsp3) is 0.348. The Morgan fingerprint density at radius 1 is 1.17 bits per heavy atom. The summed E-state index contributed by atoms with van der Waals surface area (Å²) in [4.78, 5) is 41.6. The lowest BCUT2D eigenvalue weighted by atomic mass is 10.1. The molecule has 1 saturated heterocycles. The molecule has 1 unspecified atom stereocenters. The van der Waals surface area contributed by atoms with Crippen LogP contribution in [-0.4, -0.2) is 37.1 Å². The summed E-state index contributed by atoms with van der Waals surface area (Å²) >= 11 is 1.68. The first kappa shape index (κ1) is 20.5. The van der Waals surface area contributed by atoms with E-state index in [1.54, 1.807) is 28.5 Å². The van der Waals surface area contributed by atoms with E-state index in [9.17, 15) is 14.4 Å². The summed E-state index contributed by atoms with van der Waals surface area (Å²) in [6.07, 6.45) is 3.03. The smallest absolute Gasteiger partial charge is 0.227 e. The molecule has 2 aliphatic rings. The van der Waals surface area contributed by atoms with Gasteiger partial charge in [-0.3, -0.25) is 14.4 Å². The van der Waals surface area contributed by atoms with Crippen LogP contribution in [0, 0.1) is 5.92 Å². The van der Waals surface area contributed by atoms with Gasteiger partial charge in [0.25, 0.3) is 0 Å². The van der Waals surface area contributed by atoms with Gasteiger partial charge in [0.1, 0.15) is 0 Å². The Bertz CT molecular complexity index is 990. The molecule has 0 bridgehead atoms. The monoisotopic (exact) mass is 423 g/mol. The SMILES string of the molecule is CSc1ccc(CNC(=O)C2CC(=O)N(c3ccc4c(c3)CCN4C(C)=O)C2)cc1. The van der Waals surface area contributed by atoms with E-state index in [1.165, 1.54) is 4.90 Å². The highest BCUT2D eigenvalue weighted by atomic mass is 32.2. The van der Waals surface area contributed by atoms with Crippen LogP contribution in [0.4, 0.5) is 11.4 Å². The first-order chi connectivity index (χ1) is 14.5. The molecule has 0 spiro atoms. The normalized spacial score (nSPS) is 17.9. The number of benzene rings is 2. The number of fused-ring (bicyclic) bond motifs is 1. The summed E-state index contributed by atoms with van der Waals surface area (Å²) in [7, 11) is 0. The molecular weight excluding hydrogens is 398 g/mol. The highest BCUT2D eigenvalue weighted by Crippen LogP contribution is 2.34. The van der Waals surface area contributed by atoms with Gasteiger partial charge in [-0.1, -0.05) is 12.1 Å². The third-order valence-corrected chi connectivity index (χ3v) is 6.52.